The van der Waals surface area contributed by atoms with E-state index in [1.54, 1.807) is 0 Å². The Bertz CT molecular complexity index is 870. The molecule has 2 fully saturated rings. The van der Waals surface area contributed by atoms with Gasteiger partial charge in [0.25, 0.3) is 5.91 Å². The molecule has 1 saturated heterocycles. The van der Waals surface area contributed by atoms with Gasteiger partial charge >= 0.3 is 6.03 Å². The van der Waals surface area contributed by atoms with Gasteiger partial charge in [0.2, 0.25) is 5.91 Å². The standard InChI is InChI=1S/C24H36N4O3/c1-7-23(3,4)17-10-12-24(13-11-17)21(30)28(22(31)26-24)15-20(29)25-18-8-9-19(27(5)6)16(2)14-18/h8-9,14,17H,7,10-13,15H2,1-6H3,(H,25,29)(H,26,31). The number of hydrogen-bond donors (Lipinski definition) is 2. The molecule has 0 unspecified atom stereocenters. The van der Waals surface area contributed by atoms with E-state index in [9.17, 15) is 14.4 Å². The molecule has 7 heteroatoms. The number of rotatable bonds is 6. The van der Waals surface area contributed by atoms with Crippen molar-refractivity contribution in [3.63, 3.8) is 0 Å². The fraction of sp³-hybridized carbons (Fsp3) is 0.625. The van der Waals surface area contributed by atoms with Crippen LogP contribution in [0.3, 0.4) is 0 Å². The van der Waals surface area contributed by atoms with Crippen LogP contribution >= 0.6 is 0 Å². The van der Waals surface area contributed by atoms with Gasteiger partial charge < -0.3 is 15.5 Å². The summed E-state index contributed by atoms with van der Waals surface area (Å²) in [4.78, 5) is 41.4. The Morgan fingerprint density at radius 3 is 2.45 bits per heavy atom. The van der Waals surface area contributed by atoms with E-state index in [1.807, 2.05) is 44.1 Å². The Hall–Kier alpha value is -2.57. The quantitative estimate of drug-likeness (QED) is 0.673. The largest absolute Gasteiger partial charge is 0.377 e. The van der Waals surface area contributed by atoms with E-state index in [4.69, 9.17) is 0 Å². The van der Waals surface area contributed by atoms with E-state index in [0.29, 0.717) is 24.4 Å². The first kappa shape index (κ1) is 23.1. The fourth-order valence-electron chi connectivity index (χ4n) is 4.92. The summed E-state index contributed by atoms with van der Waals surface area (Å²) < 4.78 is 0. The number of hydrogen-bond acceptors (Lipinski definition) is 4. The molecule has 170 valence electrons. The summed E-state index contributed by atoms with van der Waals surface area (Å²) in [6.07, 6.45) is 4.17. The maximum atomic E-state index is 13.1. The second-order valence-electron chi connectivity index (χ2n) is 9.96. The summed E-state index contributed by atoms with van der Waals surface area (Å²) in [5.74, 6) is -0.101. The molecule has 0 aromatic heterocycles. The second-order valence-corrected chi connectivity index (χ2v) is 9.96. The molecule has 2 N–H and O–H groups in total. The summed E-state index contributed by atoms with van der Waals surface area (Å²) in [6.45, 7) is 8.44. The Labute approximate surface area is 185 Å². The molecule has 1 heterocycles. The van der Waals surface area contributed by atoms with E-state index < -0.39 is 11.6 Å². The first-order chi connectivity index (χ1) is 14.5. The highest BCUT2D eigenvalue weighted by Crippen LogP contribution is 2.45. The molecule has 1 aliphatic carbocycles. The molecule has 3 rings (SSSR count). The molecule has 7 nitrogen and oxygen atoms in total. The van der Waals surface area contributed by atoms with Gasteiger partial charge in [-0.3, -0.25) is 14.5 Å². The number of imide groups is 1. The second kappa shape index (κ2) is 8.52. The predicted molar refractivity (Wildman–Crippen MR) is 123 cm³/mol. The van der Waals surface area contributed by atoms with E-state index in [1.165, 1.54) is 0 Å². The van der Waals surface area contributed by atoms with Crippen LogP contribution in [0.4, 0.5) is 16.2 Å². The molecule has 4 amide bonds. The molecule has 0 atom stereocenters. The average molecular weight is 429 g/mol. The van der Waals surface area contributed by atoms with Gasteiger partial charge in [0.05, 0.1) is 0 Å². The van der Waals surface area contributed by atoms with Gasteiger partial charge in [0.1, 0.15) is 12.1 Å². The number of anilines is 2. The normalized spacial score (nSPS) is 23.8. The van der Waals surface area contributed by atoms with Crippen LogP contribution in [0.1, 0.15) is 58.4 Å². The van der Waals surface area contributed by atoms with Crippen LogP contribution in [-0.4, -0.2) is 48.9 Å². The highest BCUT2D eigenvalue weighted by atomic mass is 16.2. The molecule has 1 saturated carbocycles. The summed E-state index contributed by atoms with van der Waals surface area (Å²) in [5, 5.41) is 5.72. The van der Waals surface area contributed by atoms with Gasteiger partial charge in [-0.2, -0.15) is 0 Å². The number of carbonyl (C=O) groups excluding carboxylic acids is 3. The van der Waals surface area contributed by atoms with Crippen molar-refractivity contribution in [1.82, 2.24) is 10.2 Å². The Morgan fingerprint density at radius 2 is 1.90 bits per heavy atom. The van der Waals surface area contributed by atoms with Crippen molar-refractivity contribution in [1.29, 1.82) is 0 Å². The first-order valence-corrected chi connectivity index (χ1v) is 11.2. The Balaban J connectivity index is 1.63. The molecule has 1 aromatic carbocycles. The smallest absolute Gasteiger partial charge is 0.325 e. The molecule has 1 spiro atoms. The monoisotopic (exact) mass is 428 g/mol. The van der Waals surface area contributed by atoms with Crippen LogP contribution in [-0.2, 0) is 9.59 Å². The molecule has 0 bridgehead atoms. The lowest BCUT2D eigenvalue weighted by molar-refractivity contribution is -0.135. The van der Waals surface area contributed by atoms with Crippen molar-refractivity contribution in [3.8, 4) is 0 Å². The molecular formula is C24H36N4O3. The number of carbonyl (C=O) groups is 3. The number of nitrogens with zero attached hydrogens (tertiary/aromatic N) is 2. The van der Waals surface area contributed by atoms with Crippen LogP contribution in [0, 0.1) is 18.3 Å². The number of amides is 4. The zero-order chi connectivity index (χ0) is 23.0. The third-order valence-corrected chi connectivity index (χ3v) is 7.37. The van der Waals surface area contributed by atoms with E-state index in [2.05, 4.69) is 31.4 Å². The van der Waals surface area contributed by atoms with Crippen LogP contribution in [0.25, 0.3) is 0 Å². The van der Waals surface area contributed by atoms with Crippen molar-refractivity contribution in [2.75, 3.05) is 30.9 Å². The van der Waals surface area contributed by atoms with Gasteiger partial charge in [0.15, 0.2) is 0 Å². The maximum Gasteiger partial charge on any atom is 0.325 e. The summed E-state index contributed by atoms with van der Waals surface area (Å²) in [7, 11) is 3.93. The number of benzene rings is 1. The Kier molecular flexibility index (Phi) is 6.35. The third kappa shape index (κ3) is 4.55. The molecule has 1 aromatic rings. The molecular weight excluding hydrogens is 392 g/mol. The zero-order valence-electron chi connectivity index (χ0n) is 19.7. The van der Waals surface area contributed by atoms with Gasteiger partial charge in [-0.25, -0.2) is 4.79 Å². The predicted octanol–water partition coefficient (Wildman–Crippen LogP) is 3.92. The molecule has 2 aliphatic rings. The zero-order valence-corrected chi connectivity index (χ0v) is 19.7. The number of urea groups is 1. The van der Waals surface area contributed by atoms with Crippen molar-refractivity contribution >= 4 is 29.2 Å². The Morgan fingerprint density at radius 1 is 1.26 bits per heavy atom. The van der Waals surface area contributed by atoms with Crippen molar-refractivity contribution in [2.24, 2.45) is 11.3 Å². The van der Waals surface area contributed by atoms with Crippen LogP contribution in [0.2, 0.25) is 0 Å². The van der Waals surface area contributed by atoms with E-state index in [-0.39, 0.29) is 23.8 Å². The van der Waals surface area contributed by atoms with Crippen LogP contribution in [0.5, 0.6) is 0 Å². The highest BCUT2D eigenvalue weighted by molar-refractivity contribution is 6.10. The number of nitrogens with one attached hydrogen (secondary N) is 2. The van der Waals surface area contributed by atoms with Gasteiger partial charge in [0, 0.05) is 25.5 Å². The minimum absolute atomic E-state index is 0.229. The summed E-state index contributed by atoms with van der Waals surface area (Å²) >= 11 is 0. The van der Waals surface area contributed by atoms with Crippen LogP contribution < -0.4 is 15.5 Å². The minimum atomic E-state index is -0.846. The average Bonchev–Trinajstić information content (AvgIpc) is 2.92. The van der Waals surface area contributed by atoms with Crippen LogP contribution in [0.15, 0.2) is 18.2 Å². The highest BCUT2D eigenvalue weighted by Gasteiger charge is 2.53. The van der Waals surface area contributed by atoms with Crippen molar-refractivity contribution in [2.45, 2.75) is 65.3 Å². The molecule has 0 radical (unpaired) electrons. The van der Waals surface area contributed by atoms with E-state index >= 15 is 0 Å². The lowest BCUT2D eigenvalue weighted by Crippen LogP contribution is -2.51. The molecule has 31 heavy (non-hydrogen) atoms. The summed E-state index contributed by atoms with van der Waals surface area (Å²) in [5.41, 5.74) is 2.13. The van der Waals surface area contributed by atoms with Gasteiger partial charge in [-0.1, -0.05) is 27.2 Å². The summed E-state index contributed by atoms with van der Waals surface area (Å²) in [6, 6.07) is 5.18. The van der Waals surface area contributed by atoms with Gasteiger partial charge in [-0.15, -0.1) is 0 Å². The number of aryl methyl sites for hydroxylation is 1. The maximum absolute atomic E-state index is 13.1. The van der Waals surface area contributed by atoms with E-state index in [0.717, 1.165) is 35.4 Å². The fourth-order valence-corrected chi connectivity index (χ4v) is 4.92. The van der Waals surface area contributed by atoms with Gasteiger partial charge in [-0.05, 0) is 67.7 Å². The van der Waals surface area contributed by atoms with Crippen molar-refractivity contribution in [3.05, 3.63) is 23.8 Å². The molecule has 1 aliphatic heterocycles. The lowest BCUT2D eigenvalue weighted by Gasteiger charge is -2.42. The topological polar surface area (TPSA) is 81.8 Å². The lowest BCUT2D eigenvalue weighted by atomic mass is 9.65. The first-order valence-electron chi connectivity index (χ1n) is 11.2. The minimum Gasteiger partial charge on any atom is -0.377 e. The SMILES string of the molecule is CCC(C)(C)C1CCC2(CC1)NC(=O)N(CC(=O)Nc1ccc(N(C)C)c(C)c1)C2=O. The third-order valence-electron chi connectivity index (χ3n) is 7.37. The van der Waals surface area contributed by atoms with Crippen molar-refractivity contribution < 1.29 is 14.4 Å².